The van der Waals surface area contributed by atoms with Gasteiger partial charge in [-0.2, -0.15) is 0 Å². The standard InChI is InChI=1S/C12H11NO3S/c1-8(9-4-2-3-6-13-9)16-10-5-7-17-11(10)12(14)15/h2-8H,1H3,(H,14,15). The summed E-state index contributed by atoms with van der Waals surface area (Å²) in [5.74, 6) is -0.580. The maximum absolute atomic E-state index is 10.9. The van der Waals surface area contributed by atoms with Gasteiger partial charge in [0.15, 0.2) is 4.88 Å². The van der Waals surface area contributed by atoms with Crippen molar-refractivity contribution in [3.63, 3.8) is 0 Å². The van der Waals surface area contributed by atoms with Gasteiger partial charge in [-0.05, 0) is 30.5 Å². The Morgan fingerprint density at radius 1 is 1.47 bits per heavy atom. The topological polar surface area (TPSA) is 59.4 Å². The Balaban J connectivity index is 2.16. The van der Waals surface area contributed by atoms with Crippen LogP contribution in [0.3, 0.4) is 0 Å². The van der Waals surface area contributed by atoms with Crippen molar-refractivity contribution in [3.8, 4) is 5.75 Å². The van der Waals surface area contributed by atoms with Crippen LogP contribution in [-0.4, -0.2) is 16.1 Å². The van der Waals surface area contributed by atoms with Gasteiger partial charge in [-0.1, -0.05) is 6.07 Å². The van der Waals surface area contributed by atoms with E-state index in [1.807, 2.05) is 25.1 Å². The Morgan fingerprint density at radius 2 is 2.29 bits per heavy atom. The van der Waals surface area contributed by atoms with E-state index >= 15 is 0 Å². The summed E-state index contributed by atoms with van der Waals surface area (Å²) in [6.07, 6.45) is 1.41. The van der Waals surface area contributed by atoms with Crippen LogP contribution < -0.4 is 4.74 Å². The first-order valence-electron chi connectivity index (χ1n) is 5.07. The molecule has 1 unspecified atom stereocenters. The van der Waals surface area contributed by atoms with Crippen molar-refractivity contribution in [1.82, 2.24) is 4.98 Å². The van der Waals surface area contributed by atoms with Crippen molar-refractivity contribution < 1.29 is 14.6 Å². The fraction of sp³-hybridized carbons (Fsp3) is 0.167. The van der Waals surface area contributed by atoms with Crippen molar-refractivity contribution in [1.29, 1.82) is 0 Å². The molecule has 2 aromatic rings. The molecule has 2 heterocycles. The van der Waals surface area contributed by atoms with Gasteiger partial charge in [-0.25, -0.2) is 4.79 Å². The average Bonchev–Trinajstić information content (AvgIpc) is 2.78. The van der Waals surface area contributed by atoms with Gasteiger partial charge < -0.3 is 9.84 Å². The van der Waals surface area contributed by atoms with Gasteiger partial charge in [-0.3, -0.25) is 4.98 Å². The van der Waals surface area contributed by atoms with E-state index in [1.54, 1.807) is 17.6 Å². The van der Waals surface area contributed by atoms with Crippen LogP contribution >= 0.6 is 11.3 Å². The lowest BCUT2D eigenvalue weighted by Crippen LogP contribution is -2.06. The highest BCUT2D eigenvalue weighted by Gasteiger charge is 2.16. The maximum Gasteiger partial charge on any atom is 0.349 e. The van der Waals surface area contributed by atoms with E-state index in [0.29, 0.717) is 5.75 Å². The summed E-state index contributed by atoms with van der Waals surface area (Å²) in [6.45, 7) is 1.84. The minimum atomic E-state index is -0.969. The Kier molecular flexibility index (Phi) is 3.39. The summed E-state index contributed by atoms with van der Waals surface area (Å²) in [5.41, 5.74) is 0.773. The van der Waals surface area contributed by atoms with Crippen LogP contribution in [0.5, 0.6) is 5.75 Å². The van der Waals surface area contributed by atoms with E-state index < -0.39 is 5.97 Å². The number of nitrogens with zero attached hydrogens (tertiary/aromatic N) is 1. The van der Waals surface area contributed by atoms with E-state index in [-0.39, 0.29) is 11.0 Å². The smallest absolute Gasteiger partial charge is 0.349 e. The first-order valence-corrected chi connectivity index (χ1v) is 5.95. The fourth-order valence-electron chi connectivity index (χ4n) is 1.41. The molecule has 0 spiro atoms. The number of hydrogen-bond donors (Lipinski definition) is 1. The van der Waals surface area contributed by atoms with E-state index in [4.69, 9.17) is 9.84 Å². The Morgan fingerprint density at radius 3 is 2.94 bits per heavy atom. The van der Waals surface area contributed by atoms with Crippen LogP contribution in [0, 0.1) is 0 Å². The van der Waals surface area contributed by atoms with Gasteiger partial charge in [0.05, 0.1) is 5.69 Å². The highest BCUT2D eigenvalue weighted by molar-refractivity contribution is 7.12. The Bertz CT molecular complexity index is 509. The number of carboxylic acid groups (broad SMARTS) is 1. The maximum atomic E-state index is 10.9. The number of pyridine rings is 1. The third kappa shape index (κ3) is 2.62. The zero-order valence-corrected chi connectivity index (χ0v) is 9.98. The molecule has 4 nitrogen and oxygen atoms in total. The first kappa shape index (κ1) is 11.6. The molecule has 0 fully saturated rings. The van der Waals surface area contributed by atoms with Crippen molar-refractivity contribution in [2.24, 2.45) is 0 Å². The number of carbonyl (C=O) groups is 1. The first-order chi connectivity index (χ1) is 8.18. The molecule has 0 amide bonds. The Labute approximate surface area is 103 Å². The van der Waals surface area contributed by atoms with Gasteiger partial charge in [0.1, 0.15) is 11.9 Å². The number of rotatable bonds is 4. The zero-order chi connectivity index (χ0) is 12.3. The quantitative estimate of drug-likeness (QED) is 0.904. The highest BCUT2D eigenvalue weighted by Crippen LogP contribution is 2.28. The third-order valence-electron chi connectivity index (χ3n) is 2.23. The molecule has 0 aliphatic carbocycles. The van der Waals surface area contributed by atoms with E-state index in [1.165, 1.54) is 0 Å². The van der Waals surface area contributed by atoms with Gasteiger partial charge in [-0.15, -0.1) is 11.3 Å². The lowest BCUT2D eigenvalue weighted by molar-refractivity contribution is 0.0695. The van der Waals surface area contributed by atoms with E-state index in [2.05, 4.69) is 4.98 Å². The van der Waals surface area contributed by atoms with Crippen molar-refractivity contribution >= 4 is 17.3 Å². The minimum Gasteiger partial charge on any atom is -0.483 e. The predicted molar refractivity (Wildman–Crippen MR) is 64.6 cm³/mol. The third-order valence-corrected chi connectivity index (χ3v) is 3.12. The lowest BCUT2D eigenvalue weighted by atomic mass is 10.2. The van der Waals surface area contributed by atoms with Crippen molar-refractivity contribution in [2.45, 2.75) is 13.0 Å². The number of thiophene rings is 1. The molecule has 2 rings (SSSR count). The van der Waals surface area contributed by atoms with Gasteiger partial charge in [0.25, 0.3) is 0 Å². The largest absolute Gasteiger partial charge is 0.483 e. The molecule has 0 aromatic carbocycles. The number of aromatic carboxylic acids is 1. The molecule has 2 aromatic heterocycles. The van der Waals surface area contributed by atoms with Gasteiger partial charge in [0, 0.05) is 6.20 Å². The molecule has 17 heavy (non-hydrogen) atoms. The van der Waals surface area contributed by atoms with Crippen LogP contribution in [0.15, 0.2) is 35.8 Å². The second-order valence-electron chi connectivity index (χ2n) is 3.43. The summed E-state index contributed by atoms with van der Waals surface area (Å²) in [4.78, 5) is 15.3. The van der Waals surface area contributed by atoms with Gasteiger partial charge >= 0.3 is 5.97 Å². The molecule has 1 N–H and O–H groups in total. The molecule has 0 aliphatic rings. The zero-order valence-electron chi connectivity index (χ0n) is 9.16. The molecule has 0 saturated carbocycles. The SMILES string of the molecule is CC(Oc1ccsc1C(=O)O)c1ccccn1. The van der Waals surface area contributed by atoms with E-state index in [0.717, 1.165) is 17.0 Å². The summed E-state index contributed by atoms with van der Waals surface area (Å²) >= 11 is 1.15. The highest BCUT2D eigenvalue weighted by atomic mass is 32.1. The lowest BCUT2D eigenvalue weighted by Gasteiger charge is -2.13. The Hall–Kier alpha value is -1.88. The van der Waals surface area contributed by atoms with Crippen LogP contribution in [0.4, 0.5) is 0 Å². The molecule has 0 saturated heterocycles. The number of hydrogen-bond acceptors (Lipinski definition) is 4. The molecule has 88 valence electrons. The summed E-state index contributed by atoms with van der Waals surface area (Å²) in [5, 5.41) is 10.7. The molecule has 0 radical (unpaired) electrons. The minimum absolute atomic E-state index is 0.216. The molecular weight excluding hydrogens is 238 g/mol. The van der Waals surface area contributed by atoms with E-state index in [9.17, 15) is 4.79 Å². The van der Waals surface area contributed by atoms with Crippen molar-refractivity contribution in [2.75, 3.05) is 0 Å². The average molecular weight is 249 g/mol. The van der Waals surface area contributed by atoms with Crippen LogP contribution in [0.2, 0.25) is 0 Å². The summed E-state index contributed by atoms with van der Waals surface area (Å²) < 4.78 is 5.60. The van der Waals surface area contributed by atoms with Crippen LogP contribution in [0.25, 0.3) is 0 Å². The summed E-state index contributed by atoms with van der Waals surface area (Å²) in [6, 6.07) is 7.20. The fourth-order valence-corrected chi connectivity index (χ4v) is 2.07. The molecule has 1 atom stereocenters. The monoisotopic (exact) mass is 249 g/mol. The van der Waals surface area contributed by atoms with Gasteiger partial charge in [0.2, 0.25) is 0 Å². The van der Waals surface area contributed by atoms with Crippen LogP contribution in [0.1, 0.15) is 28.4 Å². The second kappa shape index (κ2) is 4.97. The summed E-state index contributed by atoms with van der Waals surface area (Å²) in [7, 11) is 0. The second-order valence-corrected chi connectivity index (χ2v) is 4.35. The molecule has 0 bridgehead atoms. The number of ether oxygens (including phenoxy) is 1. The van der Waals surface area contributed by atoms with Crippen LogP contribution in [-0.2, 0) is 0 Å². The molecule has 5 heteroatoms. The predicted octanol–water partition coefficient (Wildman–Crippen LogP) is 2.98. The molecule has 0 aliphatic heterocycles. The number of aromatic nitrogens is 1. The normalized spacial score (nSPS) is 12.1. The molecular formula is C12H11NO3S. The van der Waals surface area contributed by atoms with Crippen molar-refractivity contribution in [3.05, 3.63) is 46.4 Å². The number of carboxylic acids is 1.